The molecule has 2 heteroatoms. The fourth-order valence-corrected chi connectivity index (χ4v) is 1.54. The van der Waals surface area contributed by atoms with Crippen molar-refractivity contribution in [3.63, 3.8) is 0 Å². The van der Waals surface area contributed by atoms with E-state index in [0.29, 0.717) is 5.92 Å². The van der Waals surface area contributed by atoms with Gasteiger partial charge >= 0.3 is 0 Å². The van der Waals surface area contributed by atoms with Crippen molar-refractivity contribution in [1.82, 2.24) is 4.98 Å². The lowest BCUT2D eigenvalue weighted by Crippen LogP contribution is -2.00. The van der Waals surface area contributed by atoms with E-state index >= 15 is 0 Å². The SMILES string of the molecule is CCc1c(OC)cncc1C(C)C. The van der Waals surface area contributed by atoms with Crippen molar-refractivity contribution in [3.05, 3.63) is 23.5 Å². The zero-order chi connectivity index (χ0) is 9.84. The summed E-state index contributed by atoms with van der Waals surface area (Å²) in [6, 6.07) is 0. The molecule has 0 aliphatic rings. The van der Waals surface area contributed by atoms with Crippen LogP contribution >= 0.6 is 0 Å². The molecule has 0 saturated carbocycles. The van der Waals surface area contributed by atoms with Gasteiger partial charge in [-0.1, -0.05) is 20.8 Å². The van der Waals surface area contributed by atoms with E-state index in [9.17, 15) is 0 Å². The van der Waals surface area contributed by atoms with Gasteiger partial charge in [0.05, 0.1) is 13.3 Å². The Morgan fingerprint density at radius 3 is 2.54 bits per heavy atom. The first-order valence-electron chi connectivity index (χ1n) is 4.71. The Hall–Kier alpha value is -1.05. The Morgan fingerprint density at radius 2 is 2.08 bits per heavy atom. The van der Waals surface area contributed by atoms with E-state index in [1.807, 2.05) is 6.20 Å². The van der Waals surface area contributed by atoms with Gasteiger partial charge in [0, 0.05) is 11.8 Å². The van der Waals surface area contributed by atoms with Crippen LogP contribution in [0.2, 0.25) is 0 Å². The second-order valence-corrected chi connectivity index (χ2v) is 3.42. The highest BCUT2D eigenvalue weighted by molar-refractivity contribution is 5.38. The van der Waals surface area contributed by atoms with Crippen LogP contribution in [0.5, 0.6) is 5.75 Å². The third-order valence-electron chi connectivity index (χ3n) is 2.25. The predicted molar refractivity (Wildman–Crippen MR) is 54.3 cm³/mol. The standard InChI is InChI=1S/C11H17NO/c1-5-9-10(8(2)3)6-12-7-11(9)13-4/h6-8H,5H2,1-4H3. The summed E-state index contributed by atoms with van der Waals surface area (Å²) in [7, 11) is 1.69. The van der Waals surface area contributed by atoms with Gasteiger partial charge in [-0.05, 0) is 17.9 Å². The summed E-state index contributed by atoms with van der Waals surface area (Å²) in [5.41, 5.74) is 2.58. The van der Waals surface area contributed by atoms with E-state index in [1.54, 1.807) is 13.3 Å². The summed E-state index contributed by atoms with van der Waals surface area (Å²) in [5, 5.41) is 0. The van der Waals surface area contributed by atoms with Crippen molar-refractivity contribution in [2.24, 2.45) is 0 Å². The Morgan fingerprint density at radius 1 is 1.38 bits per heavy atom. The molecule has 0 spiro atoms. The number of methoxy groups -OCH3 is 1. The molecule has 1 rings (SSSR count). The summed E-state index contributed by atoms with van der Waals surface area (Å²) in [5.74, 6) is 1.42. The van der Waals surface area contributed by atoms with E-state index in [0.717, 1.165) is 12.2 Å². The van der Waals surface area contributed by atoms with Crippen molar-refractivity contribution in [3.8, 4) is 5.75 Å². The Kier molecular flexibility index (Phi) is 3.29. The number of pyridine rings is 1. The molecule has 72 valence electrons. The smallest absolute Gasteiger partial charge is 0.140 e. The molecule has 0 amide bonds. The molecule has 0 saturated heterocycles. The van der Waals surface area contributed by atoms with E-state index in [1.165, 1.54) is 11.1 Å². The number of rotatable bonds is 3. The van der Waals surface area contributed by atoms with Gasteiger partial charge in [0.2, 0.25) is 0 Å². The maximum Gasteiger partial charge on any atom is 0.140 e. The lowest BCUT2D eigenvalue weighted by atomic mass is 9.97. The quantitative estimate of drug-likeness (QED) is 0.711. The van der Waals surface area contributed by atoms with Crippen molar-refractivity contribution in [2.45, 2.75) is 33.1 Å². The third kappa shape index (κ3) is 2.00. The lowest BCUT2D eigenvalue weighted by molar-refractivity contribution is 0.407. The van der Waals surface area contributed by atoms with Crippen molar-refractivity contribution < 1.29 is 4.74 Å². The fraction of sp³-hybridized carbons (Fsp3) is 0.545. The minimum atomic E-state index is 0.512. The van der Waals surface area contributed by atoms with Crippen LogP contribution in [0.25, 0.3) is 0 Å². The van der Waals surface area contributed by atoms with Gasteiger partial charge < -0.3 is 4.74 Å². The second-order valence-electron chi connectivity index (χ2n) is 3.42. The van der Waals surface area contributed by atoms with Crippen LogP contribution in [0, 0.1) is 0 Å². The van der Waals surface area contributed by atoms with Crippen LogP contribution in [0.4, 0.5) is 0 Å². The molecule has 0 radical (unpaired) electrons. The number of aromatic nitrogens is 1. The molecule has 13 heavy (non-hydrogen) atoms. The summed E-state index contributed by atoms with van der Waals surface area (Å²) < 4.78 is 5.26. The van der Waals surface area contributed by atoms with Crippen LogP contribution in [0.1, 0.15) is 37.8 Å². The molecule has 0 aliphatic carbocycles. The van der Waals surface area contributed by atoms with Gasteiger partial charge in [0.25, 0.3) is 0 Å². The molecule has 1 heterocycles. The highest BCUT2D eigenvalue weighted by Crippen LogP contribution is 2.26. The zero-order valence-corrected chi connectivity index (χ0v) is 8.79. The van der Waals surface area contributed by atoms with E-state index in [-0.39, 0.29) is 0 Å². The second kappa shape index (κ2) is 4.26. The first-order chi connectivity index (χ1) is 6.20. The lowest BCUT2D eigenvalue weighted by Gasteiger charge is -2.13. The Bertz CT molecular complexity index is 281. The average Bonchev–Trinajstić information content (AvgIpc) is 2.16. The summed E-state index contributed by atoms with van der Waals surface area (Å²) in [4.78, 5) is 4.16. The van der Waals surface area contributed by atoms with Crippen molar-refractivity contribution in [2.75, 3.05) is 7.11 Å². The van der Waals surface area contributed by atoms with Crippen LogP contribution in [0.15, 0.2) is 12.4 Å². The summed E-state index contributed by atoms with van der Waals surface area (Å²) in [6.07, 6.45) is 4.72. The first-order valence-corrected chi connectivity index (χ1v) is 4.71. The first kappa shape index (κ1) is 10.0. The molecule has 1 aromatic heterocycles. The highest BCUT2D eigenvalue weighted by Gasteiger charge is 2.10. The maximum absolute atomic E-state index is 5.26. The molecular formula is C11H17NO. The van der Waals surface area contributed by atoms with Crippen molar-refractivity contribution in [1.29, 1.82) is 0 Å². The van der Waals surface area contributed by atoms with Gasteiger partial charge in [-0.15, -0.1) is 0 Å². The molecule has 0 aromatic carbocycles. The van der Waals surface area contributed by atoms with Crippen LogP contribution in [-0.2, 0) is 6.42 Å². The number of hydrogen-bond donors (Lipinski definition) is 0. The third-order valence-corrected chi connectivity index (χ3v) is 2.25. The van der Waals surface area contributed by atoms with E-state index in [2.05, 4.69) is 25.8 Å². The minimum absolute atomic E-state index is 0.512. The topological polar surface area (TPSA) is 22.1 Å². The molecular weight excluding hydrogens is 162 g/mol. The normalized spacial score (nSPS) is 10.5. The van der Waals surface area contributed by atoms with Crippen LogP contribution < -0.4 is 4.74 Å². The molecule has 0 atom stereocenters. The largest absolute Gasteiger partial charge is 0.495 e. The minimum Gasteiger partial charge on any atom is -0.495 e. The van der Waals surface area contributed by atoms with Gasteiger partial charge in [-0.2, -0.15) is 0 Å². The average molecular weight is 179 g/mol. The van der Waals surface area contributed by atoms with Gasteiger partial charge in [0.15, 0.2) is 0 Å². The monoisotopic (exact) mass is 179 g/mol. The molecule has 0 aliphatic heterocycles. The number of ether oxygens (including phenoxy) is 1. The molecule has 2 nitrogen and oxygen atoms in total. The molecule has 0 N–H and O–H groups in total. The summed E-state index contributed by atoms with van der Waals surface area (Å²) in [6.45, 7) is 6.50. The van der Waals surface area contributed by atoms with Gasteiger partial charge in [-0.3, -0.25) is 4.98 Å². The summed E-state index contributed by atoms with van der Waals surface area (Å²) >= 11 is 0. The van der Waals surface area contributed by atoms with Gasteiger partial charge in [0.1, 0.15) is 5.75 Å². The van der Waals surface area contributed by atoms with Gasteiger partial charge in [-0.25, -0.2) is 0 Å². The van der Waals surface area contributed by atoms with E-state index < -0.39 is 0 Å². The van der Waals surface area contributed by atoms with Crippen LogP contribution in [-0.4, -0.2) is 12.1 Å². The van der Waals surface area contributed by atoms with Crippen LogP contribution in [0.3, 0.4) is 0 Å². The molecule has 0 fully saturated rings. The Labute approximate surface area is 80.0 Å². The predicted octanol–water partition coefficient (Wildman–Crippen LogP) is 2.78. The molecule has 0 unspecified atom stereocenters. The van der Waals surface area contributed by atoms with Crippen molar-refractivity contribution >= 4 is 0 Å². The zero-order valence-electron chi connectivity index (χ0n) is 8.79. The number of hydrogen-bond acceptors (Lipinski definition) is 2. The fourth-order valence-electron chi connectivity index (χ4n) is 1.54. The highest BCUT2D eigenvalue weighted by atomic mass is 16.5. The maximum atomic E-state index is 5.26. The van der Waals surface area contributed by atoms with E-state index in [4.69, 9.17) is 4.74 Å². The molecule has 1 aromatic rings. The Balaban J connectivity index is 3.19. The molecule has 0 bridgehead atoms. The number of nitrogens with zero attached hydrogens (tertiary/aromatic N) is 1.